The first-order valence-corrected chi connectivity index (χ1v) is 4.61. The minimum atomic E-state index is -1.37. The van der Waals surface area contributed by atoms with Gasteiger partial charge in [0.25, 0.3) is 0 Å². The van der Waals surface area contributed by atoms with Crippen LogP contribution in [0.5, 0.6) is 0 Å². The largest absolute Gasteiger partial charge is 0.475 e. The van der Waals surface area contributed by atoms with Crippen LogP contribution in [0.4, 0.5) is 0 Å². The Hall–Kier alpha value is -0.940. The molecule has 0 aliphatic carbocycles. The van der Waals surface area contributed by atoms with Crippen LogP contribution in [-0.2, 0) is 19.1 Å². The highest BCUT2D eigenvalue weighted by atomic mass is 16.7. The van der Waals surface area contributed by atoms with Gasteiger partial charge >= 0.3 is 5.97 Å². The van der Waals surface area contributed by atoms with E-state index in [4.69, 9.17) is 14.6 Å². The summed E-state index contributed by atoms with van der Waals surface area (Å²) >= 11 is 0. The van der Waals surface area contributed by atoms with E-state index in [1.54, 1.807) is 6.92 Å². The van der Waals surface area contributed by atoms with Crippen molar-refractivity contribution < 1.29 is 24.2 Å². The molecule has 1 rings (SSSR count). The van der Waals surface area contributed by atoms with Gasteiger partial charge in [-0.3, -0.25) is 4.79 Å². The van der Waals surface area contributed by atoms with Crippen LogP contribution in [0, 0.1) is 5.92 Å². The van der Waals surface area contributed by atoms with Gasteiger partial charge in [-0.2, -0.15) is 0 Å². The molecule has 80 valence electrons. The maximum atomic E-state index is 11.0. The van der Waals surface area contributed by atoms with Crippen LogP contribution < -0.4 is 0 Å². The van der Waals surface area contributed by atoms with Gasteiger partial charge in [-0.25, -0.2) is 4.79 Å². The standard InChI is InChI=1S/C9H14O5/c1-6(8(10)9(11)12)2-3-7-13-4-5-14-7/h6-7H,2-5H2,1H3,(H,11,12). The summed E-state index contributed by atoms with van der Waals surface area (Å²) in [6.07, 6.45) is 0.787. The van der Waals surface area contributed by atoms with E-state index in [1.165, 1.54) is 0 Å². The molecule has 0 amide bonds. The Bertz CT molecular complexity index is 219. The van der Waals surface area contributed by atoms with Crippen LogP contribution in [0.25, 0.3) is 0 Å². The summed E-state index contributed by atoms with van der Waals surface area (Å²) in [5.41, 5.74) is 0. The molecular weight excluding hydrogens is 188 g/mol. The highest BCUT2D eigenvalue weighted by Gasteiger charge is 2.23. The van der Waals surface area contributed by atoms with Crippen LogP contribution in [0.15, 0.2) is 0 Å². The third-order valence-electron chi connectivity index (χ3n) is 2.18. The lowest BCUT2D eigenvalue weighted by atomic mass is 10.0. The highest BCUT2D eigenvalue weighted by molar-refractivity contribution is 6.33. The van der Waals surface area contributed by atoms with E-state index < -0.39 is 17.7 Å². The van der Waals surface area contributed by atoms with E-state index >= 15 is 0 Å². The second-order valence-electron chi connectivity index (χ2n) is 3.32. The minimum Gasteiger partial charge on any atom is -0.475 e. The van der Waals surface area contributed by atoms with Crippen molar-refractivity contribution in [3.05, 3.63) is 0 Å². The molecule has 0 aromatic rings. The van der Waals surface area contributed by atoms with Gasteiger partial charge in [0.1, 0.15) is 0 Å². The number of rotatable bonds is 5. The topological polar surface area (TPSA) is 72.8 Å². The fraction of sp³-hybridized carbons (Fsp3) is 0.778. The number of hydrogen-bond acceptors (Lipinski definition) is 4. The number of Topliss-reactive ketones (excluding diaryl/α,β-unsaturated/α-hetero) is 1. The Morgan fingerprint density at radius 2 is 2.00 bits per heavy atom. The fourth-order valence-electron chi connectivity index (χ4n) is 1.30. The Balaban J connectivity index is 2.23. The first-order chi connectivity index (χ1) is 6.61. The molecule has 5 nitrogen and oxygen atoms in total. The summed E-state index contributed by atoms with van der Waals surface area (Å²) in [7, 11) is 0. The number of carbonyl (C=O) groups is 2. The lowest BCUT2D eigenvalue weighted by molar-refractivity contribution is -0.151. The van der Waals surface area contributed by atoms with Crippen molar-refractivity contribution in [2.45, 2.75) is 26.1 Å². The van der Waals surface area contributed by atoms with Gasteiger partial charge in [0.15, 0.2) is 6.29 Å². The monoisotopic (exact) mass is 202 g/mol. The van der Waals surface area contributed by atoms with Gasteiger partial charge in [-0.05, 0) is 12.8 Å². The Morgan fingerprint density at radius 1 is 1.43 bits per heavy atom. The Labute approximate surface area is 82.0 Å². The van der Waals surface area contributed by atoms with E-state index in [0.717, 1.165) is 0 Å². The molecule has 5 heteroatoms. The zero-order valence-corrected chi connectivity index (χ0v) is 8.06. The smallest absolute Gasteiger partial charge is 0.372 e. The van der Waals surface area contributed by atoms with E-state index in [1.807, 2.05) is 0 Å². The molecule has 0 spiro atoms. The van der Waals surface area contributed by atoms with Crippen molar-refractivity contribution in [3.63, 3.8) is 0 Å². The normalized spacial score (nSPS) is 19.5. The van der Waals surface area contributed by atoms with E-state index in [2.05, 4.69) is 0 Å². The summed E-state index contributed by atoms with van der Waals surface area (Å²) in [6.45, 7) is 2.75. The second kappa shape index (κ2) is 5.07. The summed E-state index contributed by atoms with van der Waals surface area (Å²) in [5, 5.41) is 8.43. The molecule has 1 atom stereocenters. The Kier molecular flexibility index (Phi) is 4.03. The van der Waals surface area contributed by atoms with Crippen molar-refractivity contribution >= 4 is 11.8 Å². The molecule has 1 heterocycles. The van der Waals surface area contributed by atoms with Crippen molar-refractivity contribution in [1.29, 1.82) is 0 Å². The third kappa shape index (κ3) is 3.08. The number of ketones is 1. The number of aliphatic carboxylic acids is 1. The second-order valence-corrected chi connectivity index (χ2v) is 3.32. The summed E-state index contributed by atoms with van der Waals surface area (Å²) in [5.74, 6) is -2.59. The van der Waals surface area contributed by atoms with Gasteiger partial charge in [-0.15, -0.1) is 0 Å². The number of ether oxygens (including phenoxy) is 2. The van der Waals surface area contributed by atoms with Gasteiger partial charge in [0.2, 0.25) is 5.78 Å². The third-order valence-corrected chi connectivity index (χ3v) is 2.18. The van der Waals surface area contributed by atoms with Crippen LogP contribution in [0.2, 0.25) is 0 Å². The predicted molar refractivity (Wildman–Crippen MR) is 46.7 cm³/mol. The van der Waals surface area contributed by atoms with Crippen LogP contribution in [0.3, 0.4) is 0 Å². The summed E-state index contributed by atoms with van der Waals surface area (Å²) in [4.78, 5) is 21.3. The highest BCUT2D eigenvalue weighted by Crippen LogP contribution is 2.15. The first kappa shape index (κ1) is 11.1. The first-order valence-electron chi connectivity index (χ1n) is 4.61. The predicted octanol–water partition coefficient (Wildman–Crippen LogP) is 0.429. The Morgan fingerprint density at radius 3 is 2.50 bits per heavy atom. The van der Waals surface area contributed by atoms with Crippen molar-refractivity contribution in [1.82, 2.24) is 0 Å². The molecule has 1 N–H and O–H groups in total. The van der Waals surface area contributed by atoms with Crippen LogP contribution in [0.1, 0.15) is 19.8 Å². The molecular formula is C9H14O5. The molecule has 0 saturated carbocycles. The molecule has 0 radical (unpaired) electrons. The average Bonchev–Trinajstić information content (AvgIpc) is 2.65. The van der Waals surface area contributed by atoms with E-state index in [0.29, 0.717) is 26.1 Å². The van der Waals surface area contributed by atoms with Gasteiger partial charge in [-0.1, -0.05) is 6.92 Å². The molecule has 0 bridgehead atoms. The van der Waals surface area contributed by atoms with Gasteiger partial charge < -0.3 is 14.6 Å². The number of carboxylic acid groups (broad SMARTS) is 1. The lowest BCUT2D eigenvalue weighted by Crippen LogP contribution is -2.22. The fourth-order valence-corrected chi connectivity index (χ4v) is 1.30. The summed E-state index contributed by atoms with van der Waals surface area (Å²) < 4.78 is 10.3. The van der Waals surface area contributed by atoms with E-state index in [9.17, 15) is 9.59 Å². The minimum absolute atomic E-state index is 0.265. The van der Waals surface area contributed by atoms with Crippen molar-refractivity contribution in [2.24, 2.45) is 5.92 Å². The van der Waals surface area contributed by atoms with E-state index in [-0.39, 0.29) is 6.29 Å². The SMILES string of the molecule is CC(CCC1OCCO1)C(=O)C(=O)O. The van der Waals surface area contributed by atoms with Crippen LogP contribution in [-0.4, -0.2) is 36.4 Å². The van der Waals surface area contributed by atoms with Crippen molar-refractivity contribution in [2.75, 3.05) is 13.2 Å². The lowest BCUT2D eigenvalue weighted by Gasteiger charge is -2.11. The zero-order valence-electron chi connectivity index (χ0n) is 8.06. The van der Waals surface area contributed by atoms with Crippen LogP contribution >= 0.6 is 0 Å². The zero-order chi connectivity index (χ0) is 10.6. The number of hydrogen-bond donors (Lipinski definition) is 1. The van der Waals surface area contributed by atoms with Gasteiger partial charge in [0, 0.05) is 5.92 Å². The molecule has 1 unspecified atom stereocenters. The molecule has 1 fully saturated rings. The molecule has 0 aromatic carbocycles. The molecule has 1 aliphatic heterocycles. The average molecular weight is 202 g/mol. The number of carboxylic acids is 1. The van der Waals surface area contributed by atoms with Crippen molar-refractivity contribution in [3.8, 4) is 0 Å². The molecule has 14 heavy (non-hydrogen) atoms. The maximum absolute atomic E-state index is 11.0. The summed E-state index contributed by atoms with van der Waals surface area (Å²) in [6, 6.07) is 0. The molecule has 1 saturated heterocycles. The quantitative estimate of drug-likeness (QED) is 0.654. The maximum Gasteiger partial charge on any atom is 0.372 e. The molecule has 0 aromatic heterocycles. The number of carbonyl (C=O) groups excluding carboxylic acids is 1. The molecule has 1 aliphatic rings. The van der Waals surface area contributed by atoms with Gasteiger partial charge in [0.05, 0.1) is 13.2 Å².